The van der Waals surface area contributed by atoms with Gasteiger partial charge in [-0.15, -0.1) is 10.2 Å². The number of unbranched alkanes of at least 4 members (excludes halogenated alkanes) is 1. The van der Waals surface area contributed by atoms with Gasteiger partial charge in [-0.05, 0) is 79.9 Å². The number of Topliss-reactive ketones (excluding diaryl/α,β-unsaturated/α-hetero) is 1. The second kappa shape index (κ2) is 15.5. The van der Waals surface area contributed by atoms with Crippen LogP contribution in [0, 0.1) is 0 Å². The average Bonchev–Trinajstić information content (AvgIpc) is 3.63. The van der Waals surface area contributed by atoms with Gasteiger partial charge in [0.1, 0.15) is 11.5 Å². The number of benzene rings is 3. The minimum Gasteiger partial charge on any atom is -0.507 e. The molecule has 1 aromatic heterocycles. The molecule has 0 saturated carbocycles. The van der Waals surface area contributed by atoms with E-state index in [1.807, 2.05) is 38.1 Å². The number of ketones is 1. The van der Waals surface area contributed by atoms with Crippen LogP contribution in [0.5, 0.6) is 17.2 Å². The Labute approximate surface area is 281 Å². The molecular weight excluding hydrogens is 646 g/mol. The van der Waals surface area contributed by atoms with Crippen molar-refractivity contribution in [3.05, 3.63) is 94.0 Å². The number of rotatable bonds is 14. The number of thioether (sulfide) groups is 1. The number of aromatic nitrogens is 2. The number of hydrogen-bond acceptors (Lipinski definition) is 10. The average molecular weight is 680 g/mol. The number of anilines is 1. The van der Waals surface area contributed by atoms with Crippen LogP contribution in [0.4, 0.5) is 5.13 Å². The van der Waals surface area contributed by atoms with Gasteiger partial charge in [0.25, 0.3) is 5.78 Å². The molecule has 1 amide bonds. The van der Waals surface area contributed by atoms with Gasteiger partial charge in [-0.25, -0.2) is 0 Å². The van der Waals surface area contributed by atoms with E-state index >= 15 is 0 Å². The Kier molecular flexibility index (Phi) is 11.2. The van der Waals surface area contributed by atoms with E-state index in [1.165, 1.54) is 28.0 Å². The van der Waals surface area contributed by atoms with Crippen molar-refractivity contribution < 1.29 is 28.9 Å². The topological polar surface area (TPSA) is 111 Å². The minimum atomic E-state index is -1.00. The molecule has 2 heterocycles. The quantitative estimate of drug-likeness (QED) is 0.0353. The van der Waals surface area contributed by atoms with Crippen LogP contribution in [-0.2, 0) is 15.3 Å². The van der Waals surface area contributed by atoms with Gasteiger partial charge < -0.3 is 19.3 Å². The van der Waals surface area contributed by atoms with Crippen LogP contribution >= 0.6 is 34.7 Å². The zero-order valence-corrected chi connectivity index (χ0v) is 28.1. The van der Waals surface area contributed by atoms with Crippen molar-refractivity contribution in [1.29, 1.82) is 0 Å². The predicted molar refractivity (Wildman–Crippen MR) is 181 cm³/mol. The maximum absolute atomic E-state index is 13.7. The highest BCUT2D eigenvalue weighted by atomic mass is 35.5. The zero-order valence-electron chi connectivity index (χ0n) is 25.7. The lowest BCUT2D eigenvalue weighted by Gasteiger charge is -2.23. The first-order valence-electron chi connectivity index (χ1n) is 15.0. The molecule has 0 radical (unpaired) electrons. The highest BCUT2D eigenvalue weighted by Crippen LogP contribution is 2.46. The summed E-state index contributed by atoms with van der Waals surface area (Å²) in [7, 11) is 0. The molecule has 1 N–H and O–H groups in total. The fourth-order valence-electron chi connectivity index (χ4n) is 4.87. The molecule has 0 aliphatic carbocycles. The number of ether oxygens (including phenoxy) is 3. The molecule has 1 atom stereocenters. The number of carbonyl (C=O) groups is 2. The number of halogens is 1. The van der Waals surface area contributed by atoms with E-state index in [-0.39, 0.29) is 16.5 Å². The van der Waals surface area contributed by atoms with Crippen molar-refractivity contribution in [3.63, 3.8) is 0 Å². The second-order valence-corrected chi connectivity index (χ2v) is 12.8. The number of aliphatic hydroxyl groups is 1. The molecule has 3 aromatic carbocycles. The summed E-state index contributed by atoms with van der Waals surface area (Å²) in [6.07, 6.45) is 1.86. The van der Waals surface area contributed by atoms with Crippen molar-refractivity contribution in [2.24, 2.45) is 0 Å². The second-order valence-electron chi connectivity index (χ2n) is 10.2. The Balaban J connectivity index is 1.56. The summed E-state index contributed by atoms with van der Waals surface area (Å²) in [6, 6.07) is 18.5. The minimum absolute atomic E-state index is 0.0678. The lowest BCUT2D eigenvalue weighted by molar-refractivity contribution is -0.132. The number of nitrogens with zero attached hydrogens (tertiary/aromatic N) is 3. The SMILES string of the molecule is CCCCOc1ccc(C2C(=C(O)c3ccc(OCC)cc3)C(=O)C(=O)N2c2nnc(SCc3ccc(Cl)cc3)s2)cc1OCC. The molecule has 0 spiro atoms. The largest absolute Gasteiger partial charge is 0.507 e. The first-order chi connectivity index (χ1) is 22.3. The Morgan fingerprint density at radius 1 is 0.935 bits per heavy atom. The predicted octanol–water partition coefficient (Wildman–Crippen LogP) is 8.09. The summed E-state index contributed by atoms with van der Waals surface area (Å²) in [6.45, 7) is 7.21. The van der Waals surface area contributed by atoms with Crippen LogP contribution in [0.2, 0.25) is 5.02 Å². The molecule has 46 heavy (non-hydrogen) atoms. The van der Waals surface area contributed by atoms with Gasteiger partial charge in [0.05, 0.1) is 31.4 Å². The smallest absolute Gasteiger partial charge is 0.301 e. The third-order valence-corrected chi connectivity index (χ3v) is 9.48. The molecule has 0 bridgehead atoms. The van der Waals surface area contributed by atoms with Crippen LogP contribution in [0.3, 0.4) is 0 Å². The van der Waals surface area contributed by atoms with Gasteiger partial charge in [-0.3, -0.25) is 14.5 Å². The van der Waals surface area contributed by atoms with Crippen molar-refractivity contribution >= 4 is 57.3 Å². The Morgan fingerprint density at radius 3 is 2.37 bits per heavy atom. The Hall–Kier alpha value is -4.06. The third-order valence-electron chi connectivity index (χ3n) is 7.10. The van der Waals surface area contributed by atoms with Crippen molar-refractivity contribution in [1.82, 2.24) is 10.2 Å². The molecule has 1 aliphatic heterocycles. The van der Waals surface area contributed by atoms with Gasteiger partial charge in [0.2, 0.25) is 5.13 Å². The Morgan fingerprint density at radius 2 is 1.67 bits per heavy atom. The summed E-state index contributed by atoms with van der Waals surface area (Å²) in [5.74, 6) is 0.305. The van der Waals surface area contributed by atoms with E-state index in [1.54, 1.807) is 42.5 Å². The highest BCUT2D eigenvalue weighted by molar-refractivity contribution is 8.00. The molecule has 1 fully saturated rings. The number of aliphatic hydroxyl groups excluding tert-OH is 1. The standard InChI is InChI=1S/C34H34ClN3O6S2/c1-4-7-18-44-26-17-12-23(19-27(26)43-6-3)29-28(30(39)22-10-15-25(16-11-22)42-5-2)31(40)32(41)38(29)33-36-37-34(46-33)45-20-21-8-13-24(35)14-9-21/h8-17,19,29,39H,4-7,18,20H2,1-3H3. The first kappa shape index (κ1) is 33.3. The number of hydrogen-bond donors (Lipinski definition) is 1. The summed E-state index contributed by atoms with van der Waals surface area (Å²) >= 11 is 8.67. The maximum atomic E-state index is 13.7. The fraction of sp³-hybridized carbons (Fsp3) is 0.294. The fourth-order valence-corrected chi connectivity index (χ4v) is 6.82. The monoisotopic (exact) mass is 679 g/mol. The van der Waals surface area contributed by atoms with Crippen LogP contribution in [-0.4, -0.2) is 46.8 Å². The molecular formula is C34H34ClN3O6S2. The molecule has 240 valence electrons. The molecule has 4 aromatic rings. The van der Waals surface area contributed by atoms with Crippen LogP contribution in [0.15, 0.2) is 76.6 Å². The lowest BCUT2D eigenvalue weighted by Crippen LogP contribution is -2.29. The summed E-state index contributed by atoms with van der Waals surface area (Å²) in [5.41, 5.74) is 1.89. The zero-order chi connectivity index (χ0) is 32.6. The normalized spacial score (nSPS) is 15.7. The van der Waals surface area contributed by atoms with E-state index in [0.717, 1.165) is 18.4 Å². The van der Waals surface area contributed by atoms with Crippen LogP contribution in [0.1, 0.15) is 56.3 Å². The summed E-state index contributed by atoms with van der Waals surface area (Å²) in [4.78, 5) is 28.7. The van der Waals surface area contributed by atoms with Crippen molar-refractivity contribution in [2.45, 2.75) is 49.7 Å². The summed E-state index contributed by atoms with van der Waals surface area (Å²) < 4.78 is 18.0. The molecule has 5 rings (SSSR count). The van der Waals surface area contributed by atoms with E-state index in [9.17, 15) is 14.7 Å². The van der Waals surface area contributed by atoms with Crippen molar-refractivity contribution in [2.75, 3.05) is 24.7 Å². The van der Waals surface area contributed by atoms with E-state index in [4.69, 9.17) is 25.8 Å². The maximum Gasteiger partial charge on any atom is 0.301 e. The van der Waals surface area contributed by atoms with Gasteiger partial charge in [0.15, 0.2) is 15.8 Å². The number of amides is 1. The molecule has 1 unspecified atom stereocenters. The summed E-state index contributed by atoms with van der Waals surface area (Å²) in [5, 5.41) is 21.1. The molecule has 1 aliphatic rings. The van der Waals surface area contributed by atoms with Gasteiger partial charge >= 0.3 is 5.91 Å². The van der Waals surface area contributed by atoms with Gasteiger partial charge in [-0.2, -0.15) is 0 Å². The van der Waals surface area contributed by atoms with Crippen LogP contribution < -0.4 is 19.1 Å². The van der Waals surface area contributed by atoms with Crippen LogP contribution in [0.25, 0.3) is 5.76 Å². The van der Waals surface area contributed by atoms with E-state index in [2.05, 4.69) is 17.1 Å². The highest BCUT2D eigenvalue weighted by Gasteiger charge is 2.48. The van der Waals surface area contributed by atoms with Gasteiger partial charge in [0, 0.05) is 16.3 Å². The molecule has 9 nitrogen and oxygen atoms in total. The van der Waals surface area contributed by atoms with Gasteiger partial charge in [-0.1, -0.05) is 66.2 Å². The Bertz CT molecular complexity index is 1710. The first-order valence-corrected chi connectivity index (χ1v) is 17.2. The molecule has 12 heteroatoms. The number of carbonyl (C=O) groups excluding carboxylic acids is 2. The molecule has 1 saturated heterocycles. The lowest BCUT2D eigenvalue weighted by atomic mass is 9.95. The van der Waals surface area contributed by atoms with E-state index in [0.29, 0.717) is 63.3 Å². The third kappa shape index (κ3) is 7.49. The van der Waals surface area contributed by atoms with E-state index < -0.39 is 17.7 Å². The van der Waals surface area contributed by atoms with Crippen molar-refractivity contribution in [3.8, 4) is 17.2 Å².